The molecule has 0 atom stereocenters. The van der Waals surface area contributed by atoms with E-state index in [0.29, 0.717) is 5.92 Å². The van der Waals surface area contributed by atoms with Gasteiger partial charge in [0.1, 0.15) is 10.8 Å². The van der Waals surface area contributed by atoms with Crippen molar-refractivity contribution in [3.05, 3.63) is 35.1 Å². The van der Waals surface area contributed by atoms with Crippen LogP contribution >= 0.6 is 11.3 Å². The van der Waals surface area contributed by atoms with Crippen molar-refractivity contribution in [2.24, 2.45) is 5.73 Å². The van der Waals surface area contributed by atoms with Crippen LogP contribution in [0.3, 0.4) is 0 Å². The highest BCUT2D eigenvalue weighted by atomic mass is 32.1. The van der Waals surface area contributed by atoms with Crippen LogP contribution in [0.15, 0.2) is 24.5 Å². The Hall–Kier alpha value is -1.75. The predicted octanol–water partition coefficient (Wildman–Crippen LogP) is 2.37. The summed E-state index contributed by atoms with van der Waals surface area (Å²) in [6, 6.07) is 3.87. The van der Waals surface area contributed by atoms with Gasteiger partial charge in [0.05, 0.1) is 10.6 Å². The van der Waals surface area contributed by atoms with E-state index in [0.717, 1.165) is 34.0 Å². The highest BCUT2D eigenvalue weighted by Crippen LogP contribution is 2.43. The molecule has 1 aliphatic carbocycles. The Labute approximate surface area is 103 Å². The molecular weight excluding hydrogens is 232 g/mol. The van der Waals surface area contributed by atoms with Crippen LogP contribution in [0.4, 0.5) is 0 Å². The van der Waals surface area contributed by atoms with Crippen molar-refractivity contribution in [2.45, 2.75) is 18.8 Å². The van der Waals surface area contributed by atoms with Gasteiger partial charge in [0.15, 0.2) is 0 Å². The lowest BCUT2D eigenvalue weighted by atomic mass is 10.2. The maximum absolute atomic E-state index is 7.61. The molecule has 2 aromatic rings. The van der Waals surface area contributed by atoms with E-state index >= 15 is 0 Å². The van der Waals surface area contributed by atoms with E-state index in [-0.39, 0.29) is 5.84 Å². The molecule has 0 radical (unpaired) electrons. The third-order valence-electron chi connectivity index (χ3n) is 2.77. The molecule has 17 heavy (non-hydrogen) atoms. The van der Waals surface area contributed by atoms with Crippen molar-refractivity contribution in [3.63, 3.8) is 0 Å². The van der Waals surface area contributed by atoms with Gasteiger partial charge < -0.3 is 5.73 Å². The molecule has 1 fully saturated rings. The fourth-order valence-corrected chi connectivity index (χ4v) is 2.77. The molecule has 2 aromatic heterocycles. The molecule has 4 nitrogen and oxygen atoms in total. The molecule has 2 heterocycles. The van der Waals surface area contributed by atoms with E-state index < -0.39 is 0 Å². The lowest BCUT2D eigenvalue weighted by Gasteiger charge is -1.95. The number of nitrogens with zero attached hydrogens (tertiary/aromatic N) is 2. The van der Waals surface area contributed by atoms with Crippen LogP contribution in [0.5, 0.6) is 0 Å². The predicted molar refractivity (Wildman–Crippen MR) is 68.3 cm³/mol. The summed E-state index contributed by atoms with van der Waals surface area (Å²) in [5.74, 6) is 0.634. The first kappa shape index (κ1) is 10.4. The largest absolute Gasteiger partial charge is 0.383 e. The summed E-state index contributed by atoms with van der Waals surface area (Å²) >= 11 is 1.49. The number of amidine groups is 1. The molecule has 0 spiro atoms. The monoisotopic (exact) mass is 244 g/mol. The Bertz CT molecular complexity index is 557. The molecule has 0 saturated heterocycles. The average molecular weight is 244 g/mol. The number of pyridine rings is 1. The van der Waals surface area contributed by atoms with Crippen LogP contribution in [-0.2, 0) is 0 Å². The number of hydrogen-bond donors (Lipinski definition) is 2. The maximum Gasteiger partial charge on any atom is 0.135 e. The minimum atomic E-state index is 0.125. The number of nitrogens with two attached hydrogens (primary N) is 1. The second kappa shape index (κ2) is 3.92. The van der Waals surface area contributed by atoms with Gasteiger partial charge in [0, 0.05) is 23.9 Å². The van der Waals surface area contributed by atoms with Crippen LogP contribution in [0.2, 0.25) is 0 Å². The number of nitrogen functional groups attached to an aromatic ring is 1. The van der Waals surface area contributed by atoms with Crippen molar-refractivity contribution in [3.8, 4) is 10.6 Å². The fourth-order valence-electron chi connectivity index (χ4n) is 1.77. The Kier molecular flexibility index (Phi) is 2.40. The number of nitrogens with one attached hydrogen (secondary N) is 1. The average Bonchev–Trinajstić information content (AvgIpc) is 3.09. The van der Waals surface area contributed by atoms with Gasteiger partial charge in [-0.3, -0.25) is 10.4 Å². The zero-order chi connectivity index (χ0) is 11.8. The maximum atomic E-state index is 7.61. The number of thiazole rings is 1. The highest BCUT2D eigenvalue weighted by molar-refractivity contribution is 7.17. The Morgan fingerprint density at radius 2 is 2.29 bits per heavy atom. The van der Waals surface area contributed by atoms with E-state index in [1.807, 2.05) is 12.1 Å². The minimum absolute atomic E-state index is 0.125. The molecular formula is C12H12N4S. The zero-order valence-electron chi connectivity index (χ0n) is 9.18. The van der Waals surface area contributed by atoms with Gasteiger partial charge in [0.25, 0.3) is 0 Å². The van der Waals surface area contributed by atoms with Crippen molar-refractivity contribution in [2.75, 3.05) is 0 Å². The summed E-state index contributed by atoms with van der Waals surface area (Å²) < 4.78 is 0. The summed E-state index contributed by atoms with van der Waals surface area (Å²) in [6.07, 6.45) is 5.86. The summed E-state index contributed by atoms with van der Waals surface area (Å²) in [5, 5.41) is 8.51. The minimum Gasteiger partial charge on any atom is -0.383 e. The van der Waals surface area contributed by atoms with Crippen molar-refractivity contribution in [1.82, 2.24) is 9.97 Å². The van der Waals surface area contributed by atoms with Crippen LogP contribution in [0.25, 0.3) is 10.6 Å². The van der Waals surface area contributed by atoms with Crippen molar-refractivity contribution in [1.29, 1.82) is 5.41 Å². The van der Waals surface area contributed by atoms with Crippen LogP contribution in [0.1, 0.15) is 29.3 Å². The van der Waals surface area contributed by atoms with E-state index in [1.165, 1.54) is 11.3 Å². The third-order valence-corrected chi connectivity index (χ3v) is 3.92. The smallest absolute Gasteiger partial charge is 0.135 e. The van der Waals surface area contributed by atoms with Crippen LogP contribution in [-0.4, -0.2) is 15.8 Å². The van der Waals surface area contributed by atoms with E-state index in [4.69, 9.17) is 11.1 Å². The quantitative estimate of drug-likeness (QED) is 0.643. The van der Waals surface area contributed by atoms with Gasteiger partial charge in [-0.15, -0.1) is 11.3 Å². The lowest BCUT2D eigenvalue weighted by Crippen LogP contribution is -2.11. The molecule has 0 bridgehead atoms. The summed E-state index contributed by atoms with van der Waals surface area (Å²) in [7, 11) is 0. The van der Waals surface area contributed by atoms with E-state index in [9.17, 15) is 0 Å². The van der Waals surface area contributed by atoms with Gasteiger partial charge in [-0.25, -0.2) is 4.98 Å². The normalized spacial score (nSPS) is 14.8. The molecule has 0 aliphatic heterocycles. The van der Waals surface area contributed by atoms with E-state index in [2.05, 4.69) is 9.97 Å². The molecule has 3 rings (SSSR count). The Morgan fingerprint density at radius 3 is 2.88 bits per heavy atom. The summed E-state index contributed by atoms with van der Waals surface area (Å²) in [5.41, 5.74) is 7.60. The second-order valence-electron chi connectivity index (χ2n) is 4.16. The summed E-state index contributed by atoms with van der Waals surface area (Å²) in [6.45, 7) is 0. The highest BCUT2D eigenvalue weighted by Gasteiger charge is 2.30. The molecule has 1 aliphatic rings. The number of rotatable bonds is 3. The topological polar surface area (TPSA) is 75.7 Å². The fraction of sp³-hybridized carbons (Fsp3) is 0.250. The van der Waals surface area contributed by atoms with Crippen molar-refractivity contribution < 1.29 is 0 Å². The second-order valence-corrected chi connectivity index (χ2v) is 5.16. The third kappa shape index (κ3) is 1.93. The molecule has 0 unspecified atom stereocenters. The first-order chi connectivity index (χ1) is 8.25. The van der Waals surface area contributed by atoms with Gasteiger partial charge in [-0.05, 0) is 25.0 Å². The van der Waals surface area contributed by atoms with E-state index in [1.54, 1.807) is 12.4 Å². The molecule has 0 amide bonds. The molecule has 86 valence electrons. The first-order valence-corrected chi connectivity index (χ1v) is 6.33. The van der Waals surface area contributed by atoms with Crippen LogP contribution in [0, 0.1) is 5.41 Å². The number of aromatic nitrogens is 2. The molecule has 1 saturated carbocycles. The van der Waals surface area contributed by atoms with Crippen LogP contribution < -0.4 is 5.73 Å². The number of hydrogen-bond acceptors (Lipinski definition) is 4. The molecule has 3 N–H and O–H groups in total. The van der Waals surface area contributed by atoms with Crippen molar-refractivity contribution >= 4 is 17.2 Å². The lowest BCUT2D eigenvalue weighted by molar-refractivity contribution is 1.04. The SMILES string of the molecule is N=C(N)c1sc(-c2cccnc2)nc1C1CC1. The zero-order valence-corrected chi connectivity index (χ0v) is 10.00. The van der Waals surface area contributed by atoms with Gasteiger partial charge in [0.2, 0.25) is 0 Å². The molecule has 5 heteroatoms. The first-order valence-electron chi connectivity index (χ1n) is 5.51. The van der Waals surface area contributed by atoms with Gasteiger partial charge >= 0.3 is 0 Å². The summed E-state index contributed by atoms with van der Waals surface area (Å²) in [4.78, 5) is 9.53. The molecule has 0 aromatic carbocycles. The van der Waals surface area contributed by atoms with Gasteiger partial charge in [-0.2, -0.15) is 0 Å². The standard InChI is InChI=1S/C12H12N4S/c13-11(14)10-9(7-3-4-7)16-12(17-10)8-2-1-5-15-6-8/h1-2,5-7H,3-4H2,(H3,13,14). The van der Waals surface area contributed by atoms with Gasteiger partial charge in [-0.1, -0.05) is 0 Å². The Morgan fingerprint density at radius 1 is 1.47 bits per heavy atom. The Balaban J connectivity index is 2.07.